The van der Waals surface area contributed by atoms with Crippen molar-refractivity contribution < 1.29 is 9.84 Å². The van der Waals surface area contributed by atoms with Crippen LogP contribution >= 0.6 is 0 Å². The van der Waals surface area contributed by atoms with Gasteiger partial charge in [0.2, 0.25) is 0 Å². The zero-order chi connectivity index (χ0) is 9.90. The van der Waals surface area contributed by atoms with E-state index in [-0.39, 0.29) is 6.61 Å². The van der Waals surface area contributed by atoms with Gasteiger partial charge in [-0.25, -0.2) is 0 Å². The summed E-state index contributed by atoms with van der Waals surface area (Å²) in [5.74, 6) is 0.324. The van der Waals surface area contributed by atoms with E-state index >= 15 is 0 Å². The Morgan fingerprint density at radius 3 is 2.46 bits per heavy atom. The molecule has 0 aromatic carbocycles. The summed E-state index contributed by atoms with van der Waals surface area (Å²) in [6.45, 7) is 9.35. The molecule has 13 heavy (non-hydrogen) atoms. The van der Waals surface area contributed by atoms with E-state index in [0.29, 0.717) is 17.4 Å². The molecular formula is C10H21NO2. The molecule has 1 rings (SSSR count). The van der Waals surface area contributed by atoms with Crippen molar-refractivity contribution in [2.24, 2.45) is 11.3 Å². The molecule has 78 valence electrons. The molecule has 1 saturated heterocycles. The van der Waals surface area contributed by atoms with Crippen molar-refractivity contribution in [1.29, 1.82) is 0 Å². The van der Waals surface area contributed by atoms with Crippen LogP contribution in [0.4, 0.5) is 0 Å². The van der Waals surface area contributed by atoms with E-state index in [9.17, 15) is 0 Å². The van der Waals surface area contributed by atoms with E-state index < -0.39 is 0 Å². The molecule has 0 aliphatic carbocycles. The molecule has 0 spiro atoms. The van der Waals surface area contributed by atoms with Gasteiger partial charge in [0.15, 0.2) is 0 Å². The van der Waals surface area contributed by atoms with Gasteiger partial charge in [-0.05, 0) is 12.8 Å². The summed E-state index contributed by atoms with van der Waals surface area (Å²) in [6.07, 6.45) is 0. The molecule has 0 aromatic heterocycles. The highest BCUT2D eigenvalue weighted by atomic mass is 16.5. The molecule has 1 aliphatic heterocycles. The van der Waals surface area contributed by atoms with Crippen LogP contribution in [-0.2, 0) is 4.74 Å². The van der Waals surface area contributed by atoms with Gasteiger partial charge in [-0.1, -0.05) is 13.8 Å². The third-order valence-corrected chi connectivity index (χ3v) is 2.89. The summed E-state index contributed by atoms with van der Waals surface area (Å²) >= 11 is 0. The van der Waals surface area contributed by atoms with Crippen LogP contribution in [0, 0.1) is 11.3 Å². The summed E-state index contributed by atoms with van der Waals surface area (Å²) in [4.78, 5) is 0. The largest absolute Gasteiger partial charge is 0.396 e. The Morgan fingerprint density at radius 1 is 1.46 bits per heavy atom. The number of hydrogen-bond acceptors (Lipinski definition) is 3. The van der Waals surface area contributed by atoms with Gasteiger partial charge < -0.3 is 15.2 Å². The normalized spacial score (nSPS) is 24.9. The van der Waals surface area contributed by atoms with Crippen LogP contribution in [0.5, 0.6) is 0 Å². The van der Waals surface area contributed by atoms with Crippen molar-refractivity contribution in [3.63, 3.8) is 0 Å². The summed E-state index contributed by atoms with van der Waals surface area (Å²) in [6, 6.07) is 0.377. The molecule has 0 saturated carbocycles. The number of aliphatic hydroxyl groups is 1. The number of aliphatic hydroxyl groups excluding tert-OH is 1. The zero-order valence-corrected chi connectivity index (χ0v) is 8.84. The quantitative estimate of drug-likeness (QED) is 0.663. The van der Waals surface area contributed by atoms with Crippen molar-refractivity contribution in [2.75, 3.05) is 26.4 Å². The van der Waals surface area contributed by atoms with Gasteiger partial charge in [0, 0.05) is 24.6 Å². The van der Waals surface area contributed by atoms with E-state index in [4.69, 9.17) is 9.84 Å². The second-order valence-electron chi connectivity index (χ2n) is 4.63. The van der Waals surface area contributed by atoms with Crippen molar-refractivity contribution in [3.8, 4) is 0 Å². The van der Waals surface area contributed by atoms with Gasteiger partial charge in [-0.3, -0.25) is 0 Å². The van der Waals surface area contributed by atoms with Crippen molar-refractivity contribution in [3.05, 3.63) is 0 Å². The second kappa shape index (κ2) is 4.40. The lowest BCUT2D eigenvalue weighted by atomic mass is 9.88. The van der Waals surface area contributed by atoms with Crippen molar-refractivity contribution in [1.82, 2.24) is 5.32 Å². The maximum atomic E-state index is 8.94. The van der Waals surface area contributed by atoms with Crippen LogP contribution in [0.2, 0.25) is 0 Å². The topological polar surface area (TPSA) is 41.5 Å². The van der Waals surface area contributed by atoms with E-state index in [1.807, 2.05) is 0 Å². The van der Waals surface area contributed by atoms with E-state index in [1.54, 1.807) is 0 Å². The molecule has 1 fully saturated rings. The first-order chi connectivity index (χ1) is 6.07. The number of rotatable bonds is 5. The summed E-state index contributed by atoms with van der Waals surface area (Å²) < 4.78 is 5.17. The van der Waals surface area contributed by atoms with Crippen LogP contribution in [0.1, 0.15) is 20.8 Å². The molecule has 2 atom stereocenters. The molecule has 2 N–H and O–H groups in total. The van der Waals surface area contributed by atoms with Gasteiger partial charge in [0.25, 0.3) is 0 Å². The Bertz CT molecular complexity index is 157. The highest BCUT2D eigenvalue weighted by Crippen LogP contribution is 2.25. The minimum Gasteiger partial charge on any atom is -0.396 e. The van der Waals surface area contributed by atoms with Gasteiger partial charge in [0.05, 0.1) is 13.2 Å². The van der Waals surface area contributed by atoms with Crippen LogP contribution in [0.25, 0.3) is 0 Å². The zero-order valence-electron chi connectivity index (χ0n) is 8.84. The fourth-order valence-corrected chi connectivity index (χ4v) is 1.32. The molecule has 1 aliphatic rings. The lowest BCUT2D eigenvalue weighted by molar-refractivity contribution is -0.100. The Balaban J connectivity index is 2.17. The van der Waals surface area contributed by atoms with Gasteiger partial charge in [-0.2, -0.15) is 0 Å². The summed E-state index contributed by atoms with van der Waals surface area (Å²) in [7, 11) is 0. The van der Waals surface area contributed by atoms with Gasteiger partial charge in [0.1, 0.15) is 0 Å². The lowest BCUT2D eigenvalue weighted by Crippen LogP contribution is -2.50. The second-order valence-corrected chi connectivity index (χ2v) is 4.63. The first-order valence-electron chi connectivity index (χ1n) is 4.99. The SMILES string of the molecule is CC(CO)C(C)NCC1(C)COC1. The fraction of sp³-hybridized carbons (Fsp3) is 1.00. The third kappa shape index (κ3) is 2.93. The summed E-state index contributed by atoms with van der Waals surface area (Å²) in [5.41, 5.74) is 0.323. The minimum absolute atomic E-state index is 0.251. The van der Waals surface area contributed by atoms with Gasteiger partial charge in [-0.15, -0.1) is 0 Å². The molecule has 0 aromatic rings. The fourth-order valence-electron chi connectivity index (χ4n) is 1.32. The highest BCUT2D eigenvalue weighted by molar-refractivity contribution is 4.84. The molecular weight excluding hydrogens is 166 g/mol. The van der Waals surface area contributed by atoms with Crippen LogP contribution < -0.4 is 5.32 Å². The van der Waals surface area contributed by atoms with E-state index in [2.05, 4.69) is 26.1 Å². The molecule has 0 radical (unpaired) electrons. The predicted octanol–water partition coefficient (Wildman–Crippen LogP) is 0.629. The monoisotopic (exact) mass is 187 g/mol. The van der Waals surface area contributed by atoms with E-state index in [0.717, 1.165) is 19.8 Å². The maximum Gasteiger partial charge on any atom is 0.0554 e. The molecule has 3 heteroatoms. The molecule has 3 nitrogen and oxygen atoms in total. The minimum atomic E-state index is 0.251. The Kier molecular flexibility index (Phi) is 3.71. The van der Waals surface area contributed by atoms with Crippen LogP contribution in [0.15, 0.2) is 0 Å². The molecule has 1 heterocycles. The van der Waals surface area contributed by atoms with E-state index in [1.165, 1.54) is 0 Å². The molecule has 0 bridgehead atoms. The third-order valence-electron chi connectivity index (χ3n) is 2.89. The Labute approximate surface area is 80.5 Å². The lowest BCUT2D eigenvalue weighted by Gasteiger charge is -2.39. The standard InChI is InChI=1S/C10H21NO2/c1-8(4-12)9(2)11-5-10(3)6-13-7-10/h8-9,11-12H,4-7H2,1-3H3. The first-order valence-corrected chi connectivity index (χ1v) is 4.99. The smallest absolute Gasteiger partial charge is 0.0554 e. The number of hydrogen-bond donors (Lipinski definition) is 2. The first kappa shape index (κ1) is 11.0. The average Bonchev–Trinajstić information content (AvgIpc) is 2.09. The van der Waals surface area contributed by atoms with Crippen molar-refractivity contribution >= 4 is 0 Å². The average molecular weight is 187 g/mol. The Hall–Kier alpha value is -0.120. The van der Waals surface area contributed by atoms with Crippen LogP contribution in [-0.4, -0.2) is 37.5 Å². The number of ether oxygens (including phenoxy) is 1. The highest BCUT2D eigenvalue weighted by Gasteiger charge is 2.33. The van der Waals surface area contributed by atoms with Gasteiger partial charge >= 0.3 is 0 Å². The Morgan fingerprint density at radius 2 is 2.08 bits per heavy atom. The molecule has 2 unspecified atom stereocenters. The van der Waals surface area contributed by atoms with Crippen LogP contribution in [0.3, 0.4) is 0 Å². The molecule has 0 amide bonds. The predicted molar refractivity (Wildman–Crippen MR) is 52.6 cm³/mol. The van der Waals surface area contributed by atoms with Crippen molar-refractivity contribution in [2.45, 2.75) is 26.8 Å². The maximum absolute atomic E-state index is 8.94. The number of nitrogens with one attached hydrogen (secondary N) is 1. The summed E-state index contributed by atoms with van der Waals surface area (Å²) in [5, 5.41) is 12.4.